The minimum absolute atomic E-state index is 0. The van der Waals surface area contributed by atoms with E-state index >= 15 is 0 Å². The molecule has 3 aliphatic heterocycles. The van der Waals surface area contributed by atoms with Crippen LogP contribution in [0.4, 0.5) is 25.8 Å². The van der Waals surface area contributed by atoms with Gasteiger partial charge in [0.2, 0.25) is 0 Å². The molecular formula is C56H84Br3IN6O6. The molecule has 0 aliphatic carbocycles. The predicted octanol–water partition coefficient (Wildman–Crippen LogP) is 16.6. The van der Waals surface area contributed by atoms with E-state index in [4.69, 9.17) is 32.1 Å². The molecule has 4 heterocycles. The van der Waals surface area contributed by atoms with E-state index in [9.17, 15) is 14.4 Å². The number of anilines is 2. The highest BCUT2D eigenvalue weighted by atomic mass is 127. The molecule has 5 N–H and O–H groups in total. The van der Waals surface area contributed by atoms with Gasteiger partial charge in [-0.15, -0.1) is 6.42 Å². The first kappa shape index (κ1) is 70.0. The average Bonchev–Trinajstić information content (AvgIpc) is 4.05. The van der Waals surface area contributed by atoms with Gasteiger partial charge in [-0.25, -0.2) is 14.4 Å². The lowest BCUT2D eigenvalue weighted by Crippen LogP contribution is -2.39. The number of aromatic amines is 1. The summed E-state index contributed by atoms with van der Waals surface area (Å²) < 4.78 is 20.4. The molecule has 3 atom stereocenters. The second-order valence-corrected chi connectivity index (χ2v) is 23.2. The summed E-state index contributed by atoms with van der Waals surface area (Å²) in [5.41, 5.74) is 14.5. The molecule has 12 nitrogen and oxygen atoms in total. The Kier molecular flexibility index (Phi) is 30.1. The molecule has 72 heavy (non-hydrogen) atoms. The molecule has 402 valence electrons. The van der Waals surface area contributed by atoms with Crippen molar-refractivity contribution in [3.63, 3.8) is 0 Å². The van der Waals surface area contributed by atoms with Crippen LogP contribution in [0.2, 0.25) is 0 Å². The largest absolute Gasteiger partial charge is 0.444 e. The number of nitrogens with two attached hydrogens (primary N) is 2. The minimum atomic E-state index is -0.494. The molecule has 0 radical (unpaired) electrons. The molecule has 7 rings (SSSR count). The molecule has 1 aromatic heterocycles. The number of hydrogen-bond acceptors (Lipinski definition) is 8. The summed E-state index contributed by atoms with van der Waals surface area (Å²) in [6.07, 6.45) is 10.1. The topological polar surface area (TPSA) is 156 Å². The van der Waals surface area contributed by atoms with Crippen molar-refractivity contribution >= 4 is 111 Å². The van der Waals surface area contributed by atoms with Crippen LogP contribution >= 0.6 is 70.4 Å². The lowest BCUT2D eigenvalue weighted by molar-refractivity contribution is 0.0217. The SMILES string of the molecule is C.C.C.C.C.C#CC1CCCN1C(=O)OC(C)(C)C.CC(C)(C)OC(=O)N1CCCC1C#Cc1cc(Br)ccc1N.CC(C)(C)OC(=O)N1CCCC1c1cc2cc(Br)ccc2[nH]1.Nc1ccc(Br)cc1I. The predicted molar refractivity (Wildman–Crippen MR) is 322 cm³/mol. The first-order valence-corrected chi connectivity index (χ1v) is 25.7. The lowest BCUT2D eigenvalue weighted by Gasteiger charge is -2.28. The van der Waals surface area contributed by atoms with Gasteiger partial charge >= 0.3 is 18.3 Å². The average molecular weight is 1300 g/mol. The zero-order valence-electron chi connectivity index (χ0n) is 39.9. The van der Waals surface area contributed by atoms with Gasteiger partial charge in [-0.1, -0.05) is 103 Å². The zero-order chi connectivity index (χ0) is 49.9. The molecule has 3 aromatic carbocycles. The summed E-state index contributed by atoms with van der Waals surface area (Å²) in [5, 5.41) is 1.15. The fourth-order valence-electron chi connectivity index (χ4n) is 7.17. The maximum Gasteiger partial charge on any atom is 0.411 e. The van der Waals surface area contributed by atoms with Crippen LogP contribution in [0.25, 0.3) is 10.9 Å². The highest BCUT2D eigenvalue weighted by molar-refractivity contribution is 14.1. The molecule has 3 amide bonds. The number of nitrogens with zero attached hydrogens (tertiary/aromatic N) is 3. The van der Waals surface area contributed by atoms with Crippen molar-refractivity contribution in [1.29, 1.82) is 0 Å². The Morgan fingerprint density at radius 1 is 0.625 bits per heavy atom. The van der Waals surface area contributed by atoms with Crippen molar-refractivity contribution in [2.75, 3.05) is 31.1 Å². The Labute approximate surface area is 472 Å². The van der Waals surface area contributed by atoms with Gasteiger partial charge in [-0.05, 0) is 184 Å². The van der Waals surface area contributed by atoms with Gasteiger partial charge in [0.1, 0.15) is 16.8 Å². The van der Waals surface area contributed by atoms with Crippen molar-refractivity contribution in [2.45, 2.75) is 173 Å². The van der Waals surface area contributed by atoms with E-state index < -0.39 is 16.8 Å². The summed E-state index contributed by atoms with van der Waals surface area (Å²) in [6.45, 7) is 19.0. The molecular weight excluding hydrogens is 1220 g/mol. The first-order valence-electron chi connectivity index (χ1n) is 22.2. The number of amides is 3. The Hall–Kier alpha value is -4.10. The summed E-state index contributed by atoms with van der Waals surface area (Å²) in [7, 11) is 0. The maximum atomic E-state index is 12.4. The Morgan fingerprint density at radius 2 is 1.06 bits per heavy atom. The number of nitrogens with one attached hydrogen (secondary N) is 1. The number of nitrogen functional groups attached to an aromatic ring is 2. The van der Waals surface area contributed by atoms with E-state index in [0.717, 1.165) is 89.9 Å². The Morgan fingerprint density at radius 3 is 1.56 bits per heavy atom. The summed E-state index contributed by atoms with van der Waals surface area (Å²) in [5.74, 6) is 8.85. The maximum absolute atomic E-state index is 12.4. The van der Waals surface area contributed by atoms with Crippen LogP contribution in [0, 0.1) is 27.8 Å². The number of halogens is 4. The van der Waals surface area contributed by atoms with Crippen molar-refractivity contribution in [3.8, 4) is 24.2 Å². The minimum Gasteiger partial charge on any atom is -0.444 e. The second-order valence-electron chi connectivity index (χ2n) is 19.3. The van der Waals surface area contributed by atoms with Crippen LogP contribution in [0.1, 0.15) is 155 Å². The third-order valence-corrected chi connectivity index (χ3v) is 12.6. The highest BCUT2D eigenvalue weighted by Gasteiger charge is 2.35. The van der Waals surface area contributed by atoms with Gasteiger partial charge in [-0.2, -0.15) is 0 Å². The van der Waals surface area contributed by atoms with Crippen LogP contribution in [0.5, 0.6) is 0 Å². The van der Waals surface area contributed by atoms with Crippen molar-refractivity contribution in [1.82, 2.24) is 19.7 Å². The molecule has 3 unspecified atom stereocenters. The molecule has 0 bridgehead atoms. The number of terminal acetylenes is 1. The van der Waals surface area contributed by atoms with Gasteiger partial charge in [0.25, 0.3) is 0 Å². The number of fused-ring (bicyclic) bond motifs is 1. The van der Waals surface area contributed by atoms with Gasteiger partial charge in [0.15, 0.2) is 0 Å². The lowest BCUT2D eigenvalue weighted by atomic mass is 10.1. The molecule has 3 fully saturated rings. The van der Waals surface area contributed by atoms with E-state index in [0.29, 0.717) is 18.8 Å². The number of hydrogen-bond donors (Lipinski definition) is 3. The number of H-pyrrole nitrogens is 1. The highest BCUT2D eigenvalue weighted by Crippen LogP contribution is 2.35. The normalized spacial score (nSPS) is 16.7. The number of aromatic nitrogens is 1. The molecule has 16 heteroatoms. The monoisotopic (exact) mass is 1300 g/mol. The summed E-state index contributed by atoms with van der Waals surface area (Å²) in [6, 6.07) is 19.5. The van der Waals surface area contributed by atoms with E-state index in [-0.39, 0.29) is 73.5 Å². The van der Waals surface area contributed by atoms with E-state index in [1.165, 1.54) is 0 Å². The van der Waals surface area contributed by atoms with Gasteiger partial charge in [0, 0.05) is 70.2 Å². The van der Waals surface area contributed by atoms with Gasteiger partial charge in [-0.3, -0.25) is 14.7 Å². The fourth-order valence-corrected chi connectivity index (χ4v) is 9.21. The number of rotatable bonds is 1. The molecule has 0 spiro atoms. The number of carbonyl (C=O) groups is 3. The smallest absolute Gasteiger partial charge is 0.411 e. The molecule has 3 aliphatic rings. The van der Waals surface area contributed by atoms with E-state index in [1.807, 2.05) is 110 Å². The second kappa shape index (κ2) is 30.9. The molecule has 0 saturated carbocycles. The van der Waals surface area contributed by atoms with Crippen LogP contribution < -0.4 is 11.5 Å². The number of benzene rings is 3. The Bertz CT molecular complexity index is 2460. The molecule has 4 aromatic rings. The van der Waals surface area contributed by atoms with Crippen LogP contribution in [0.3, 0.4) is 0 Å². The van der Waals surface area contributed by atoms with E-state index in [1.54, 1.807) is 9.80 Å². The summed E-state index contributed by atoms with van der Waals surface area (Å²) in [4.78, 5) is 44.9. The van der Waals surface area contributed by atoms with Crippen molar-refractivity contribution < 1.29 is 28.6 Å². The van der Waals surface area contributed by atoms with Crippen molar-refractivity contribution in [3.05, 3.63) is 88.9 Å². The quantitative estimate of drug-likeness (QED) is 0.0736. The van der Waals surface area contributed by atoms with Crippen LogP contribution in [-0.2, 0) is 14.2 Å². The number of carbonyl (C=O) groups excluding carboxylic acids is 3. The van der Waals surface area contributed by atoms with Crippen LogP contribution in [-0.4, -0.2) is 86.5 Å². The third kappa shape index (κ3) is 22.6. The number of likely N-dealkylation sites (tertiary alicyclic amines) is 3. The van der Waals surface area contributed by atoms with Gasteiger partial charge < -0.3 is 30.7 Å². The number of ether oxygens (including phenoxy) is 3. The zero-order valence-corrected chi connectivity index (χ0v) is 46.8. The Balaban J connectivity index is 0. The van der Waals surface area contributed by atoms with Gasteiger partial charge in [0.05, 0.1) is 18.1 Å². The standard InChI is InChI=1S/2C17H21BrN2O2.C11H17NO2.C6H5BrIN.5CH4/c1-17(2,3)22-16(21)20-8-4-5-15(20)14-10-11-9-12(18)6-7-13(11)19-14;1-17(2,3)22-16(21)20-10-4-5-14(20)8-6-12-11-13(18)7-9-15(12)19;1-5-9-7-6-8-12(9)10(13)14-11(2,3)4;7-4-1-2-6(9)5(8)3-4;;;;;/h6-7,9-10,15,19H,4-5,8H2,1-3H3;7,9,11,14H,4-5,10,19H2,1-3H3;1,9H,6-8H2,2-4H3;1-3H,9H2;5*1H4. The van der Waals surface area contributed by atoms with Crippen LogP contribution in [0.15, 0.2) is 74.1 Å². The molecule has 3 saturated heterocycles. The van der Waals surface area contributed by atoms with Crippen molar-refractivity contribution in [2.24, 2.45) is 0 Å². The summed E-state index contributed by atoms with van der Waals surface area (Å²) >= 11 is 12.4. The first-order chi connectivity index (χ1) is 31.2. The third-order valence-electron chi connectivity index (χ3n) is 10.1. The fraction of sp³-hybridized carbons (Fsp3) is 0.518. The van der Waals surface area contributed by atoms with E-state index in [2.05, 4.69) is 111 Å².